The summed E-state index contributed by atoms with van der Waals surface area (Å²) in [6.07, 6.45) is -0.658. The lowest BCUT2D eigenvalue weighted by Gasteiger charge is -2.33. The molecule has 0 bridgehead atoms. The smallest absolute Gasteiger partial charge is 0.407 e. The van der Waals surface area contributed by atoms with Crippen molar-refractivity contribution in [3.63, 3.8) is 0 Å². The summed E-state index contributed by atoms with van der Waals surface area (Å²) in [5.74, 6) is -0.516. The highest BCUT2D eigenvalue weighted by molar-refractivity contribution is 6.08. The Bertz CT molecular complexity index is 624. The predicted octanol–water partition coefficient (Wildman–Crippen LogP) is 1.63. The summed E-state index contributed by atoms with van der Waals surface area (Å²) in [6, 6.07) is 7.45. The van der Waals surface area contributed by atoms with Gasteiger partial charge in [0.05, 0.1) is 6.04 Å². The summed E-state index contributed by atoms with van der Waals surface area (Å²) in [4.78, 5) is 36.1. The van der Waals surface area contributed by atoms with E-state index in [0.717, 1.165) is 0 Å². The van der Waals surface area contributed by atoms with Gasteiger partial charge >= 0.3 is 12.1 Å². The molecule has 7 heteroatoms. The molecule has 0 radical (unpaired) electrons. The largest absolute Gasteiger partial charge is 0.444 e. The van der Waals surface area contributed by atoms with Gasteiger partial charge < -0.3 is 15.4 Å². The second-order valence-electron chi connectivity index (χ2n) is 6.45. The molecule has 2 rings (SSSR count). The van der Waals surface area contributed by atoms with Crippen LogP contribution in [0.4, 0.5) is 9.59 Å². The number of nitrogens with one attached hydrogen (secondary N) is 3. The maximum Gasteiger partial charge on any atom is 0.407 e. The number of urea groups is 1. The zero-order valence-corrected chi connectivity index (χ0v) is 13.6. The molecule has 124 valence electrons. The first-order valence-corrected chi connectivity index (χ1v) is 7.34. The molecule has 1 heterocycles. The van der Waals surface area contributed by atoms with Gasteiger partial charge in [0.2, 0.25) is 0 Å². The highest BCUT2D eigenvalue weighted by atomic mass is 16.6. The maximum absolute atomic E-state index is 12.4. The zero-order chi connectivity index (χ0) is 17.3. The first-order chi connectivity index (χ1) is 10.6. The molecular formula is C16H21N3O4. The van der Waals surface area contributed by atoms with Crippen molar-refractivity contribution in [1.82, 2.24) is 16.0 Å². The molecule has 0 saturated carbocycles. The number of ether oxygens (including phenoxy) is 1. The molecule has 0 spiro atoms. The molecule has 1 aliphatic heterocycles. The Labute approximate surface area is 134 Å². The van der Waals surface area contributed by atoms with E-state index in [0.29, 0.717) is 5.56 Å². The number of imide groups is 1. The van der Waals surface area contributed by atoms with Crippen LogP contribution in [0.15, 0.2) is 30.3 Å². The fraction of sp³-hybridized carbons (Fsp3) is 0.438. The Balaban J connectivity index is 2.31. The van der Waals surface area contributed by atoms with Crippen LogP contribution in [0, 0.1) is 0 Å². The number of benzene rings is 1. The fourth-order valence-corrected chi connectivity index (χ4v) is 2.52. The summed E-state index contributed by atoms with van der Waals surface area (Å²) >= 11 is 0. The number of hydrogen-bond donors (Lipinski definition) is 3. The summed E-state index contributed by atoms with van der Waals surface area (Å²) in [5.41, 5.74) is -1.47. The number of alkyl carbamates (subject to hydrolysis) is 1. The van der Waals surface area contributed by atoms with Crippen LogP contribution in [0.25, 0.3) is 0 Å². The van der Waals surface area contributed by atoms with Crippen LogP contribution < -0.4 is 16.0 Å². The van der Waals surface area contributed by atoms with Crippen molar-refractivity contribution < 1.29 is 19.1 Å². The van der Waals surface area contributed by atoms with Gasteiger partial charge in [-0.2, -0.15) is 0 Å². The molecule has 4 amide bonds. The second-order valence-corrected chi connectivity index (χ2v) is 6.45. The molecule has 1 fully saturated rings. The van der Waals surface area contributed by atoms with Crippen LogP contribution >= 0.6 is 0 Å². The lowest BCUT2D eigenvalue weighted by Crippen LogP contribution is -2.59. The van der Waals surface area contributed by atoms with Gasteiger partial charge in [0.25, 0.3) is 5.91 Å². The SMILES string of the molecule is C[C@@H](NC(=O)OC(C)(C)C)[C@]1(c2ccccc2)NC(=O)NC1=O. The first-order valence-electron chi connectivity index (χ1n) is 7.34. The van der Waals surface area contributed by atoms with Gasteiger partial charge in [0, 0.05) is 0 Å². The van der Waals surface area contributed by atoms with E-state index in [-0.39, 0.29) is 0 Å². The predicted molar refractivity (Wildman–Crippen MR) is 83.6 cm³/mol. The molecule has 3 N–H and O–H groups in total. The quantitative estimate of drug-likeness (QED) is 0.738. The Morgan fingerprint density at radius 3 is 2.30 bits per heavy atom. The minimum absolute atomic E-state index is 0.516. The van der Waals surface area contributed by atoms with Gasteiger partial charge in [-0.15, -0.1) is 0 Å². The van der Waals surface area contributed by atoms with E-state index in [9.17, 15) is 14.4 Å². The molecule has 2 atom stereocenters. The van der Waals surface area contributed by atoms with E-state index in [4.69, 9.17) is 4.74 Å². The molecule has 0 aromatic heterocycles. The lowest BCUT2D eigenvalue weighted by atomic mass is 9.83. The van der Waals surface area contributed by atoms with Gasteiger partial charge in [0.1, 0.15) is 5.60 Å². The van der Waals surface area contributed by atoms with Crippen LogP contribution in [0.2, 0.25) is 0 Å². The van der Waals surface area contributed by atoms with E-state index in [1.54, 1.807) is 58.0 Å². The standard InChI is InChI=1S/C16H21N3O4/c1-10(17-14(22)23-15(2,3)4)16(11-8-6-5-7-9-11)12(20)18-13(21)19-16/h5-10H,1-4H3,(H,17,22)(H2,18,19,20,21)/t10-,16-/m1/s1. The van der Waals surface area contributed by atoms with Crippen molar-refractivity contribution in [3.8, 4) is 0 Å². The van der Waals surface area contributed by atoms with Crippen molar-refractivity contribution in [1.29, 1.82) is 0 Å². The number of amides is 4. The molecule has 7 nitrogen and oxygen atoms in total. The van der Waals surface area contributed by atoms with Crippen LogP contribution in [0.3, 0.4) is 0 Å². The Morgan fingerprint density at radius 2 is 1.83 bits per heavy atom. The number of hydrogen-bond acceptors (Lipinski definition) is 4. The molecule has 23 heavy (non-hydrogen) atoms. The summed E-state index contributed by atoms with van der Waals surface area (Å²) < 4.78 is 5.22. The minimum Gasteiger partial charge on any atom is -0.444 e. The summed E-state index contributed by atoms with van der Waals surface area (Å²) in [6.45, 7) is 6.87. The van der Waals surface area contributed by atoms with Crippen molar-refractivity contribution in [3.05, 3.63) is 35.9 Å². The highest BCUT2D eigenvalue weighted by Crippen LogP contribution is 2.29. The topological polar surface area (TPSA) is 96.5 Å². The minimum atomic E-state index is -1.38. The first kappa shape index (κ1) is 16.8. The number of carbonyl (C=O) groups is 3. The van der Waals surface area contributed by atoms with Gasteiger partial charge in [-0.1, -0.05) is 30.3 Å². The molecule has 1 aliphatic rings. The third-order valence-corrected chi connectivity index (χ3v) is 3.51. The third-order valence-electron chi connectivity index (χ3n) is 3.51. The Hall–Kier alpha value is -2.57. The third kappa shape index (κ3) is 3.44. The summed E-state index contributed by atoms with van der Waals surface area (Å²) in [7, 11) is 0. The average molecular weight is 319 g/mol. The van der Waals surface area contributed by atoms with E-state index >= 15 is 0 Å². The van der Waals surface area contributed by atoms with E-state index < -0.39 is 35.2 Å². The van der Waals surface area contributed by atoms with Gasteiger partial charge in [-0.3, -0.25) is 10.1 Å². The molecular weight excluding hydrogens is 298 g/mol. The monoisotopic (exact) mass is 319 g/mol. The van der Waals surface area contributed by atoms with Gasteiger partial charge in [0.15, 0.2) is 5.54 Å². The van der Waals surface area contributed by atoms with Crippen LogP contribution in [-0.2, 0) is 15.1 Å². The molecule has 0 unspecified atom stereocenters. The van der Waals surface area contributed by atoms with Crippen molar-refractivity contribution in [2.24, 2.45) is 0 Å². The van der Waals surface area contributed by atoms with Crippen molar-refractivity contribution in [2.45, 2.75) is 44.9 Å². The molecule has 1 saturated heterocycles. The zero-order valence-electron chi connectivity index (χ0n) is 13.6. The molecule has 0 aliphatic carbocycles. The van der Waals surface area contributed by atoms with E-state index in [1.165, 1.54) is 0 Å². The number of carbonyl (C=O) groups excluding carboxylic acids is 3. The Morgan fingerprint density at radius 1 is 1.22 bits per heavy atom. The van der Waals surface area contributed by atoms with Crippen molar-refractivity contribution in [2.75, 3.05) is 0 Å². The van der Waals surface area contributed by atoms with Crippen LogP contribution in [0.1, 0.15) is 33.3 Å². The molecule has 1 aromatic carbocycles. The van der Waals surface area contributed by atoms with E-state index in [2.05, 4.69) is 16.0 Å². The van der Waals surface area contributed by atoms with Gasteiger partial charge in [-0.05, 0) is 33.3 Å². The van der Waals surface area contributed by atoms with Crippen molar-refractivity contribution >= 4 is 18.0 Å². The highest BCUT2D eigenvalue weighted by Gasteiger charge is 2.52. The average Bonchev–Trinajstić information content (AvgIpc) is 2.73. The van der Waals surface area contributed by atoms with E-state index in [1.807, 2.05) is 0 Å². The normalized spacial score (nSPS) is 22.1. The number of rotatable bonds is 3. The Kier molecular flexibility index (Phi) is 4.31. The van der Waals surface area contributed by atoms with Crippen LogP contribution in [0.5, 0.6) is 0 Å². The lowest BCUT2D eigenvalue weighted by molar-refractivity contribution is -0.125. The van der Waals surface area contributed by atoms with Gasteiger partial charge in [-0.25, -0.2) is 9.59 Å². The second kappa shape index (κ2) is 5.91. The fourth-order valence-electron chi connectivity index (χ4n) is 2.52. The maximum atomic E-state index is 12.4. The molecule has 1 aromatic rings. The summed E-state index contributed by atoms with van der Waals surface area (Å²) in [5, 5.41) is 7.49. The van der Waals surface area contributed by atoms with Crippen LogP contribution in [-0.4, -0.2) is 29.7 Å².